The Morgan fingerprint density at radius 2 is 2.00 bits per heavy atom. The van der Waals surface area contributed by atoms with E-state index >= 15 is 0 Å². The Morgan fingerprint density at radius 3 is 2.45 bits per heavy atom. The minimum absolute atomic E-state index is 0.0931. The first-order valence-corrected chi connectivity index (χ1v) is 5.19. The van der Waals surface area contributed by atoms with Crippen molar-refractivity contribution < 1.29 is 9.59 Å². The Kier molecular flexibility index (Phi) is 2.01. The van der Waals surface area contributed by atoms with E-state index in [1.807, 2.05) is 13.8 Å². The third-order valence-corrected chi connectivity index (χ3v) is 3.59. The summed E-state index contributed by atoms with van der Waals surface area (Å²) in [7, 11) is 0.831. The average Bonchev–Trinajstić information content (AvgIpc) is 1.95. The lowest BCUT2D eigenvalue weighted by Crippen LogP contribution is -2.38. The van der Waals surface area contributed by atoms with Crippen molar-refractivity contribution in [2.75, 3.05) is 0 Å². The Hall–Kier alpha value is -0.443. The van der Waals surface area contributed by atoms with Gasteiger partial charge in [-0.1, -0.05) is 13.8 Å². The largest absolute Gasteiger partial charge is 0.291 e. The maximum Gasteiger partial charge on any atom is 0.203 e. The van der Waals surface area contributed by atoms with Gasteiger partial charge in [0, 0.05) is 21.2 Å². The number of carbonyl (C=O) groups is 2. The van der Waals surface area contributed by atoms with Gasteiger partial charge in [0.15, 0.2) is 5.78 Å². The lowest BCUT2D eigenvalue weighted by molar-refractivity contribution is -0.144. The van der Waals surface area contributed by atoms with Gasteiger partial charge in [-0.3, -0.25) is 9.59 Å². The van der Waals surface area contributed by atoms with Crippen molar-refractivity contribution in [2.24, 2.45) is 5.41 Å². The quantitative estimate of drug-likeness (QED) is 0.382. The van der Waals surface area contributed by atoms with E-state index in [2.05, 4.69) is 0 Å². The van der Waals surface area contributed by atoms with Crippen LogP contribution in [0.2, 0.25) is 5.54 Å². The third-order valence-electron chi connectivity index (χ3n) is 2.49. The standard InChI is InChI=1S/C8H14O2Si/c1-8(2)4-3-5(11)6(9)7(8)10/h5H,3-4H2,1-2,11H3. The van der Waals surface area contributed by atoms with Gasteiger partial charge in [-0.25, -0.2) is 0 Å². The zero-order valence-corrected chi connectivity index (χ0v) is 9.31. The summed E-state index contributed by atoms with van der Waals surface area (Å²) in [5, 5.41) is 0. The summed E-state index contributed by atoms with van der Waals surface area (Å²) in [6, 6.07) is 0. The van der Waals surface area contributed by atoms with E-state index < -0.39 is 0 Å². The number of hydrogen-bond donors (Lipinski definition) is 0. The molecule has 0 bridgehead atoms. The summed E-state index contributed by atoms with van der Waals surface area (Å²) in [5.74, 6) is -0.267. The number of Topliss-reactive ketones (excluding diaryl/α,β-unsaturated/α-hetero) is 2. The zero-order chi connectivity index (χ0) is 8.65. The van der Waals surface area contributed by atoms with Crippen LogP contribution in [0.5, 0.6) is 0 Å². The van der Waals surface area contributed by atoms with Crippen LogP contribution in [0.15, 0.2) is 0 Å². The minimum Gasteiger partial charge on any atom is -0.291 e. The summed E-state index contributed by atoms with van der Waals surface area (Å²) in [4.78, 5) is 22.6. The smallest absolute Gasteiger partial charge is 0.203 e. The fraction of sp³-hybridized carbons (Fsp3) is 0.750. The van der Waals surface area contributed by atoms with E-state index in [-0.39, 0.29) is 22.5 Å². The number of ketones is 2. The maximum atomic E-state index is 11.3. The number of rotatable bonds is 0. The molecule has 62 valence electrons. The second-order valence-corrected chi connectivity index (χ2v) is 5.41. The second-order valence-electron chi connectivity index (χ2n) is 4.02. The number of hydrogen-bond acceptors (Lipinski definition) is 2. The molecule has 3 heteroatoms. The first kappa shape index (κ1) is 8.65. The van der Waals surface area contributed by atoms with Gasteiger partial charge in [-0.15, -0.1) is 0 Å². The lowest BCUT2D eigenvalue weighted by atomic mass is 9.75. The average molecular weight is 170 g/mol. The van der Waals surface area contributed by atoms with Gasteiger partial charge in [0.25, 0.3) is 0 Å². The SMILES string of the molecule is CC1(C)CCC([SiH3])C(=O)C1=O. The summed E-state index contributed by atoms with van der Waals surface area (Å²) in [6.07, 6.45) is 1.80. The van der Waals surface area contributed by atoms with E-state index in [9.17, 15) is 9.59 Å². The van der Waals surface area contributed by atoms with E-state index in [4.69, 9.17) is 0 Å². The Labute approximate surface area is 69.8 Å². The monoisotopic (exact) mass is 170 g/mol. The van der Waals surface area contributed by atoms with Crippen molar-refractivity contribution in [3.63, 3.8) is 0 Å². The summed E-state index contributed by atoms with van der Waals surface area (Å²) in [6.45, 7) is 3.72. The Balaban J connectivity index is 2.84. The van der Waals surface area contributed by atoms with E-state index in [1.54, 1.807) is 0 Å². The third kappa shape index (κ3) is 1.43. The second kappa shape index (κ2) is 2.55. The fourth-order valence-corrected chi connectivity index (χ4v) is 1.93. The van der Waals surface area contributed by atoms with Gasteiger partial charge in [0.1, 0.15) is 0 Å². The Bertz CT molecular complexity index is 208. The van der Waals surface area contributed by atoms with Gasteiger partial charge in [-0.05, 0) is 12.8 Å². The van der Waals surface area contributed by atoms with E-state index in [0.717, 1.165) is 23.1 Å². The van der Waals surface area contributed by atoms with Gasteiger partial charge in [-0.2, -0.15) is 0 Å². The van der Waals surface area contributed by atoms with Gasteiger partial charge >= 0.3 is 0 Å². The molecule has 0 heterocycles. The predicted molar refractivity (Wildman–Crippen MR) is 46.7 cm³/mol. The van der Waals surface area contributed by atoms with Gasteiger partial charge < -0.3 is 0 Å². The highest BCUT2D eigenvalue weighted by atomic mass is 28.1. The molecule has 1 saturated carbocycles. The molecule has 0 aromatic carbocycles. The van der Waals surface area contributed by atoms with Crippen LogP contribution in [0.25, 0.3) is 0 Å². The number of carbonyl (C=O) groups excluding carboxylic acids is 2. The molecule has 1 unspecified atom stereocenters. The van der Waals surface area contributed by atoms with E-state index in [1.165, 1.54) is 0 Å². The molecule has 0 spiro atoms. The van der Waals surface area contributed by atoms with Crippen LogP contribution in [0, 0.1) is 5.41 Å². The Morgan fingerprint density at radius 1 is 1.45 bits per heavy atom. The molecule has 0 aromatic heterocycles. The van der Waals surface area contributed by atoms with Crippen molar-refractivity contribution >= 4 is 21.8 Å². The van der Waals surface area contributed by atoms with Crippen molar-refractivity contribution in [2.45, 2.75) is 32.2 Å². The van der Waals surface area contributed by atoms with Crippen LogP contribution in [0.1, 0.15) is 26.7 Å². The van der Waals surface area contributed by atoms with Crippen molar-refractivity contribution in [3.8, 4) is 0 Å². The summed E-state index contributed by atoms with van der Waals surface area (Å²) < 4.78 is 0. The lowest BCUT2D eigenvalue weighted by Gasteiger charge is -2.29. The molecular formula is C8H14O2Si. The van der Waals surface area contributed by atoms with E-state index in [0.29, 0.717) is 0 Å². The zero-order valence-electron chi connectivity index (χ0n) is 7.31. The molecule has 1 fully saturated rings. The maximum absolute atomic E-state index is 11.3. The van der Waals surface area contributed by atoms with Gasteiger partial charge in [0.05, 0.1) is 0 Å². The molecule has 1 aliphatic carbocycles. The highest BCUT2D eigenvalue weighted by molar-refractivity contribution is 6.49. The van der Waals surface area contributed by atoms with Crippen LogP contribution in [-0.2, 0) is 9.59 Å². The highest BCUT2D eigenvalue weighted by Crippen LogP contribution is 2.34. The molecule has 0 radical (unpaired) electrons. The molecule has 0 N–H and O–H groups in total. The van der Waals surface area contributed by atoms with Gasteiger partial charge in [0.2, 0.25) is 5.78 Å². The summed E-state index contributed by atoms with van der Waals surface area (Å²) >= 11 is 0. The predicted octanol–water partition coefficient (Wildman–Crippen LogP) is 0.0985. The highest BCUT2D eigenvalue weighted by Gasteiger charge is 2.39. The van der Waals surface area contributed by atoms with Crippen LogP contribution in [0.3, 0.4) is 0 Å². The van der Waals surface area contributed by atoms with Crippen LogP contribution >= 0.6 is 0 Å². The van der Waals surface area contributed by atoms with Crippen molar-refractivity contribution in [1.29, 1.82) is 0 Å². The molecule has 0 aromatic rings. The molecule has 1 rings (SSSR count). The topological polar surface area (TPSA) is 34.1 Å². The van der Waals surface area contributed by atoms with Crippen LogP contribution in [-0.4, -0.2) is 21.8 Å². The molecule has 11 heavy (non-hydrogen) atoms. The molecule has 0 amide bonds. The first-order valence-electron chi connectivity index (χ1n) is 4.04. The molecule has 1 aliphatic rings. The summed E-state index contributed by atoms with van der Waals surface area (Å²) in [5.41, 5.74) is -0.284. The molecule has 0 saturated heterocycles. The normalized spacial score (nSPS) is 30.9. The molecule has 0 aliphatic heterocycles. The minimum atomic E-state index is -0.377. The van der Waals surface area contributed by atoms with Crippen LogP contribution in [0.4, 0.5) is 0 Å². The van der Waals surface area contributed by atoms with Crippen molar-refractivity contribution in [1.82, 2.24) is 0 Å². The van der Waals surface area contributed by atoms with Crippen LogP contribution < -0.4 is 0 Å². The molecule has 2 nitrogen and oxygen atoms in total. The first-order chi connectivity index (χ1) is 4.95. The molecule has 1 atom stereocenters. The fourth-order valence-electron chi connectivity index (χ4n) is 1.38. The van der Waals surface area contributed by atoms with Crippen molar-refractivity contribution in [3.05, 3.63) is 0 Å². The molecular weight excluding hydrogens is 156 g/mol.